The SMILES string of the molecule is COc1ccc(C=Cc2cc(C)c(C#N)c(=O)n2OS(=O)(=O)C(F)(F)F)c(OC)c1. The van der Waals surface area contributed by atoms with E-state index in [9.17, 15) is 26.4 Å². The Morgan fingerprint density at radius 1 is 1.13 bits per heavy atom. The van der Waals surface area contributed by atoms with Gasteiger partial charge in [-0.05, 0) is 42.8 Å². The average Bonchev–Trinajstić information content (AvgIpc) is 2.68. The summed E-state index contributed by atoms with van der Waals surface area (Å²) >= 11 is 0. The second-order valence-corrected chi connectivity index (χ2v) is 7.27. The zero-order chi connectivity index (χ0) is 22.7. The molecule has 0 aliphatic rings. The molecule has 0 spiro atoms. The third-order valence-corrected chi connectivity index (χ3v) is 4.75. The lowest BCUT2D eigenvalue weighted by molar-refractivity contribution is -0.0549. The molecule has 0 bridgehead atoms. The fourth-order valence-corrected chi connectivity index (χ4v) is 2.77. The highest BCUT2D eigenvalue weighted by Gasteiger charge is 2.49. The summed E-state index contributed by atoms with van der Waals surface area (Å²) < 4.78 is 75.2. The largest absolute Gasteiger partial charge is 0.536 e. The fourth-order valence-electron chi connectivity index (χ4n) is 2.34. The van der Waals surface area contributed by atoms with Crippen molar-refractivity contribution in [1.82, 2.24) is 4.73 Å². The number of halogens is 3. The summed E-state index contributed by atoms with van der Waals surface area (Å²) in [7, 11) is -3.33. The Balaban J connectivity index is 2.65. The molecule has 0 saturated heterocycles. The van der Waals surface area contributed by atoms with E-state index in [2.05, 4.69) is 4.28 Å². The Morgan fingerprint density at radius 3 is 2.33 bits per heavy atom. The van der Waals surface area contributed by atoms with Crippen LogP contribution in [-0.2, 0) is 10.1 Å². The predicted molar refractivity (Wildman–Crippen MR) is 100 cm³/mol. The average molecular weight is 444 g/mol. The van der Waals surface area contributed by atoms with E-state index in [1.165, 1.54) is 33.3 Å². The van der Waals surface area contributed by atoms with Gasteiger partial charge in [-0.3, -0.25) is 9.08 Å². The first-order valence-electron chi connectivity index (χ1n) is 8.03. The van der Waals surface area contributed by atoms with Gasteiger partial charge < -0.3 is 9.47 Å². The number of alkyl halides is 3. The lowest BCUT2D eigenvalue weighted by atomic mass is 10.1. The molecular formula is C18H15F3N2O6S. The monoisotopic (exact) mass is 444 g/mol. The van der Waals surface area contributed by atoms with Crippen LogP contribution in [0, 0.1) is 18.3 Å². The molecule has 2 rings (SSSR count). The first-order valence-corrected chi connectivity index (χ1v) is 9.44. The molecule has 8 nitrogen and oxygen atoms in total. The van der Waals surface area contributed by atoms with Gasteiger partial charge in [0.05, 0.1) is 19.9 Å². The molecule has 1 heterocycles. The third kappa shape index (κ3) is 4.57. The minimum absolute atomic E-state index is 0.0964. The Bertz CT molecular complexity index is 1190. The summed E-state index contributed by atoms with van der Waals surface area (Å²) in [6, 6.07) is 7.35. The summed E-state index contributed by atoms with van der Waals surface area (Å²) in [6.07, 6.45) is 2.50. The second-order valence-electron chi connectivity index (χ2n) is 5.75. The normalized spacial score (nSPS) is 11.9. The molecule has 30 heavy (non-hydrogen) atoms. The van der Waals surface area contributed by atoms with E-state index < -0.39 is 26.7 Å². The van der Waals surface area contributed by atoms with Crippen LogP contribution < -0.4 is 19.3 Å². The highest BCUT2D eigenvalue weighted by atomic mass is 32.2. The molecule has 0 amide bonds. The van der Waals surface area contributed by atoms with Crippen molar-refractivity contribution in [2.75, 3.05) is 14.2 Å². The van der Waals surface area contributed by atoms with Crippen molar-refractivity contribution in [2.24, 2.45) is 0 Å². The van der Waals surface area contributed by atoms with Crippen LogP contribution in [0.1, 0.15) is 22.4 Å². The van der Waals surface area contributed by atoms with E-state index in [1.807, 2.05) is 0 Å². The molecule has 0 atom stereocenters. The third-order valence-electron chi connectivity index (χ3n) is 3.83. The Kier molecular flexibility index (Phi) is 6.47. The molecule has 0 radical (unpaired) electrons. The Labute approximate surface area is 169 Å². The van der Waals surface area contributed by atoms with Gasteiger partial charge >= 0.3 is 21.2 Å². The topological polar surface area (TPSA) is 108 Å². The maximum Gasteiger partial charge on any atom is 0.536 e. The van der Waals surface area contributed by atoms with Crippen molar-refractivity contribution < 1.29 is 35.3 Å². The van der Waals surface area contributed by atoms with Crippen molar-refractivity contribution in [2.45, 2.75) is 12.4 Å². The molecule has 12 heteroatoms. The summed E-state index contributed by atoms with van der Waals surface area (Å²) in [6.45, 7) is 1.37. The van der Waals surface area contributed by atoms with Crippen LogP contribution >= 0.6 is 0 Å². The fraction of sp³-hybridized carbons (Fsp3) is 0.222. The highest BCUT2D eigenvalue weighted by Crippen LogP contribution is 2.27. The first kappa shape index (κ1) is 22.8. The summed E-state index contributed by atoms with van der Waals surface area (Å²) in [5.74, 6) is 0.823. The van der Waals surface area contributed by atoms with Crippen LogP contribution in [-0.4, -0.2) is 32.9 Å². The van der Waals surface area contributed by atoms with Gasteiger partial charge in [-0.25, -0.2) is 0 Å². The maximum atomic E-state index is 12.7. The molecule has 1 aromatic heterocycles. The van der Waals surface area contributed by atoms with Gasteiger partial charge in [-0.15, -0.1) is 4.73 Å². The summed E-state index contributed by atoms with van der Waals surface area (Å²) in [5, 5.41) is 9.06. The number of hydrogen-bond acceptors (Lipinski definition) is 7. The molecule has 1 aromatic carbocycles. The van der Waals surface area contributed by atoms with Crippen molar-refractivity contribution in [3.63, 3.8) is 0 Å². The number of nitrogens with zero attached hydrogens (tertiary/aromatic N) is 2. The number of ether oxygens (including phenoxy) is 2. The molecule has 0 fully saturated rings. The molecule has 0 saturated carbocycles. The molecule has 0 N–H and O–H groups in total. The minimum atomic E-state index is -6.16. The molecule has 2 aromatic rings. The van der Waals surface area contributed by atoms with E-state index in [0.29, 0.717) is 17.1 Å². The van der Waals surface area contributed by atoms with Crippen LogP contribution in [0.15, 0.2) is 29.1 Å². The van der Waals surface area contributed by atoms with Crippen LogP contribution in [0.25, 0.3) is 12.2 Å². The quantitative estimate of drug-likeness (QED) is 0.630. The van der Waals surface area contributed by atoms with E-state index in [0.717, 1.165) is 12.1 Å². The number of benzene rings is 1. The van der Waals surface area contributed by atoms with Gasteiger partial charge in [0.1, 0.15) is 23.1 Å². The van der Waals surface area contributed by atoms with E-state index in [1.54, 1.807) is 18.2 Å². The van der Waals surface area contributed by atoms with Gasteiger partial charge in [0.15, 0.2) is 0 Å². The van der Waals surface area contributed by atoms with Crippen LogP contribution in [0.5, 0.6) is 11.5 Å². The molecule has 160 valence electrons. The zero-order valence-electron chi connectivity index (χ0n) is 15.9. The van der Waals surface area contributed by atoms with Gasteiger partial charge in [0, 0.05) is 11.6 Å². The van der Waals surface area contributed by atoms with Crippen molar-refractivity contribution in [1.29, 1.82) is 5.26 Å². The maximum absolute atomic E-state index is 12.7. The van der Waals surface area contributed by atoms with E-state index >= 15 is 0 Å². The Morgan fingerprint density at radius 2 is 1.80 bits per heavy atom. The van der Waals surface area contributed by atoms with Gasteiger partial charge in [-0.1, -0.05) is 0 Å². The number of aryl methyl sites for hydroxylation is 1. The lowest BCUT2D eigenvalue weighted by Crippen LogP contribution is -2.40. The lowest BCUT2D eigenvalue weighted by Gasteiger charge is -2.14. The standard InChI is InChI=1S/C18H15F3N2O6S/c1-11-8-13(6-4-12-5-7-14(27-2)9-16(12)28-3)23(17(24)15(11)10-22)29-30(25,26)18(19,20)21/h4-9H,1-3H3. The van der Waals surface area contributed by atoms with Crippen LogP contribution in [0.2, 0.25) is 0 Å². The first-order chi connectivity index (χ1) is 13.9. The van der Waals surface area contributed by atoms with Crippen molar-refractivity contribution in [3.05, 3.63) is 57.0 Å². The molecule has 0 aliphatic carbocycles. The number of methoxy groups -OCH3 is 2. The summed E-state index contributed by atoms with van der Waals surface area (Å²) in [5.41, 5.74) is -7.48. The van der Waals surface area contributed by atoms with Crippen LogP contribution in [0.4, 0.5) is 13.2 Å². The van der Waals surface area contributed by atoms with E-state index in [-0.39, 0.29) is 16.0 Å². The Hall–Kier alpha value is -3.46. The second kappa shape index (κ2) is 8.50. The van der Waals surface area contributed by atoms with Gasteiger partial charge in [-0.2, -0.15) is 26.9 Å². The number of nitriles is 1. The number of rotatable bonds is 6. The zero-order valence-corrected chi connectivity index (χ0v) is 16.7. The van der Waals surface area contributed by atoms with E-state index in [4.69, 9.17) is 14.7 Å². The smallest absolute Gasteiger partial charge is 0.497 e. The van der Waals surface area contributed by atoms with Crippen molar-refractivity contribution in [3.8, 4) is 17.6 Å². The number of aromatic nitrogens is 1. The molecule has 0 unspecified atom stereocenters. The number of pyridine rings is 1. The number of hydrogen-bond donors (Lipinski definition) is 0. The predicted octanol–water partition coefficient (Wildman–Crippen LogP) is 2.49. The minimum Gasteiger partial charge on any atom is -0.497 e. The van der Waals surface area contributed by atoms with Gasteiger partial charge in [0.25, 0.3) is 0 Å². The van der Waals surface area contributed by atoms with Crippen molar-refractivity contribution >= 4 is 22.3 Å². The highest BCUT2D eigenvalue weighted by molar-refractivity contribution is 7.87. The molecular weight excluding hydrogens is 429 g/mol. The molecule has 0 aliphatic heterocycles. The van der Waals surface area contributed by atoms with Crippen LogP contribution in [0.3, 0.4) is 0 Å². The van der Waals surface area contributed by atoms with Gasteiger partial charge in [0.2, 0.25) is 0 Å². The summed E-state index contributed by atoms with van der Waals surface area (Å²) in [4.78, 5) is 12.4.